The minimum Gasteiger partial charge on any atom is -0.481 e. The third-order valence-corrected chi connectivity index (χ3v) is 6.65. The van der Waals surface area contributed by atoms with E-state index in [1.165, 1.54) is 12.1 Å². The number of hydrogen-bond donors (Lipinski definition) is 2. The van der Waals surface area contributed by atoms with E-state index in [-0.39, 0.29) is 18.9 Å². The van der Waals surface area contributed by atoms with Gasteiger partial charge in [-0.15, -0.1) is 0 Å². The summed E-state index contributed by atoms with van der Waals surface area (Å²) in [6.07, 6.45) is 1.20. The second-order valence-electron chi connectivity index (χ2n) is 8.95. The average molecular weight is 523 g/mol. The summed E-state index contributed by atoms with van der Waals surface area (Å²) in [5.41, 5.74) is 4.71. The van der Waals surface area contributed by atoms with Crippen LogP contribution in [0.4, 0.5) is 4.39 Å². The van der Waals surface area contributed by atoms with Crippen LogP contribution in [0.5, 0.6) is 11.5 Å². The Morgan fingerprint density at radius 1 is 1.05 bits per heavy atom. The fourth-order valence-electron chi connectivity index (χ4n) is 4.59. The van der Waals surface area contributed by atoms with E-state index in [0.29, 0.717) is 40.6 Å². The van der Waals surface area contributed by atoms with Gasteiger partial charge in [-0.2, -0.15) is 0 Å². The molecule has 0 aliphatic heterocycles. The lowest BCUT2D eigenvalue weighted by Gasteiger charge is -2.13. The minimum atomic E-state index is -0.846. The highest BCUT2D eigenvalue weighted by atomic mass is 35.5. The maximum absolute atomic E-state index is 14.4. The molecule has 0 unspecified atom stereocenters. The van der Waals surface area contributed by atoms with Crippen molar-refractivity contribution in [3.8, 4) is 11.5 Å². The minimum absolute atomic E-state index is 0.0538. The van der Waals surface area contributed by atoms with Crippen LogP contribution in [0.25, 0.3) is 10.9 Å². The number of rotatable bonds is 9. The van der Waals surface area contributed by atoms with E-state index in [2.05, 4.69) is 5.32 Å². The van der Waals surface area contributed by atoms with Crippen molar-refractivity contribution in [1.82, 2.24) is 9.88 Å². The molecule has 3 aromatic carbocycles. The van der Waals surface area contributed by atoms with Gasteiger partial charge in [0, 0.05) is 42.0 Å². The zero-order valence-electron chi connectivity index (χ0n) is 20.9. The Hall–Kier alpha value is -3.84. The van der Waals surface area contributed by atoms with Gasteiger partial charge in [-0.3, -0.25) is 9.59 Å². The number of aliphatic carboxylic acids is 1. The van der Waals surface area contributed by atoms with Gasteiger partial charge in [0.15, 0.2) is 0 Å². The molecule has 4 aromatic rings. The molecule has 1 amide bonds. The number of nitrogens with one attached hydrogen (secondary N) is 1. The molecule has 37 heavy (non-hydrogen) atoms. The van der Waals surface area contributed by atoms with Crippen LogP contribution in [-0.4, -0.2) is 21.6 Å². The van der Waals surface area contributed by atoms with E-state index in [9.17, 15) is 14.0 Å². The number of carboxylic acids is 1. The Bertz CT molecular complexity index is 1500. The molecule has 0 bridgehead atoms. The standard InChI is InChI=1S/C29H28ClFN2O4/c1-4-19-13-23(8-5-20(19)6-10-27(34)35)37-24-12-18(11-22(31)15-24)16-32-29(36)28-17(2)25-14-21(30)7-9-26(25)33(28)3/h5,7-9,11-15H,4,6,10,16H2,1-3H3,(H,32,36)(H,34,35). The summed E-state index contributed by atoms with van der Waals surface area (Å²) in [6, 6.07) is 15.3. The lowest BCUT2D eigenvalue weighted by atomic mass is 10.0. The third kappa shape index (κ3) is 5.94. The zero-order chi connectivity index (χ0) is 26.7. The van der Waals surface area contributed by atoms with E-state index in [0.717, 1.165) is 27.6 Å². The monoisotopic (exact) mass is 522 g/mol. The number of fused-ring (bicyclic) bond motifs is 1. The molecule has 192 valence electrons. The molecule has 0 saturated carbocycles. The van der Waals surface area contributed by atoms with Crippen molar-refractivity contribution in [1.29, 1.82) is 0 Å². The van der Waals surface area contributed by atoms with Crippen LogP contribution in [0.2, 0.25) is 5.02 Å². The van der Waals surface area contributed by atoms with Gasteiger partial charge in [0.05, 0.1) is 0 Å². The third-order valence-electron chi connectivity index (χ3n) is 6.42. The number of amides is 1. The summed E-state index contributed by atoms with van der Waals surface area (Å²) >= 11 is 6.13. The molecule has 4 rings (SSSR count). The summed E-state index contributed by atoms with van der Waals surface area (Å²) < 4.78 is 22.1. The van der Waals surface area contributed by atoms with Gasteiger partial charge in [0.1, 0.15) is 23.0 Å². The first-order valence-corrected chi connectivity index (χ1v) is 12.4. The number of benzene rings is 3. The number of aromatic nitrogens is 1. The van der Waals surface area contributed by atoms with Crippen molar-refractivity contribution in [2.24, 2.45) is 7.05 Å². The lowest BCUT2D eigenvalue weighted by molar-refractivity contribution is -0.136. The second kappa shape index (κ2) is 11.0. The fourth-order valence-corrected chi connectivity index (χ4v) is 4.76. The molecule has 2 N–H and O–H groups in total. The first-order chi connectivity index (χ1) is 17.7. The lowest BCUT2D eigenvalue weighted by Crippen LogP contribution is -2.25. The quantitative estimate of drug-likeness (QED) is 0.260. The number of hydrogen-bond acceptors (Lipinski definition) is 3. The molecule has 1 heterocycles. The highest BCUT2D eigenvalue weighted by molar-refractivity contribution is 6.31. The van der Waals surface area contributed by atoms with Gasteiger partial charge in [-0.1, -0.05) is 24.6 Å². The zero-order valence-corrected chi connectivity index (χ0v) is 21.7. The summed E-state index contributed by atoms with van der Waals surface area (Å²) in [5.74, 6) is -0.766. The van der Waals surface area contributed by atoms with Crippen molar-refractivity contribution in [3.63, 3.8) is 0 Å². The molecule has 6 nitrogen and oxygen atoms in total. The first kappa shape index (κ1) is 26.2. The first-order valence-electron chi connectivity index (χ1n) is 12.0. The summed E-state index contributed by atoms with van der Waals surface area (Å²) in [4.78, 5) is 24.0. The average Bonchev–Trinajstić information content (AvgIpc) is 3.10. The molecule has 0 aliphatic rings. The van der Waals surface area contributed by atoms with Crippen LogP contribution in [-0.2, 0) is 31.2 Å². The van der Waals surface area contributed by atoms with Crippen molar-refractivity contribution in [2.75, 3.05) is 0 Å². The maximum Gasteiger partial charge on any atom is 0.303 e. The molecule has 0 fully saturated rings. The Morgan fingerprint density at radius 2 is 1.84 bits per heavy atom. The van der Waals surface area contributed by atoms with Crippen LogP contribution in [0.1, 0.15) is 46.1 Å². The molecular weight excluding hydrogens is 495 g/mol. The van der Waals surface area contributed by atoms with Crippen LogP contribution in [0.3, 0.4) is 0 Å². The van der Waals surface area contributed by atoms with E-state index in [4.69, 9.17) is 21.4 Å². The highest BCUT2D eigenvalue weighted by Crippen LogP contribution is 2.29. The van der Waals surface area contributed by atoms with Crippen molar-refractivity contribution in [2.45, 2.75) is 39.7 Å². The van der Waals surface area contributed by atoms with Gasteiger partial charge in [-0.25, -0.2) is 4.39 Å². The van der Waals surface area contributed by atoms with Crippen LogP contribution in [0.15, 0.2) is 54.6 Å². The Labute approximate surface area is 219 Å². The largest absolute Gasteiger partial charge is 0.481 e. The van der Waals surface area contributed by atoms with Gasteiger partial charge in [0.2, 0.25) is 0 Å². The predicted molar refractivity (Wildman–Crippen MR) is 142 cm³/mol. The van der Waals surface area contributed by atoms with Crippen LogP contribution in [0, 0.1) is 12.7 Å². The smallest absolute Gasteiger partial charge is 0.303 e. The van der Waals surface area contributed by atoms with E-state index in [1.54, 1.807) is 18.2 Å². The van der Waals surface area contributed by atoms with Gasteiger partial charge >= 0.3 is 5.97 Å². The second-order valence-corrected chi connectivity index (χ2v) is 9.39. The molecule has 0 aliphatic carbocycles. The van der Waals surface area contributed by atoms with Crippen molar-refractivity contribution in [3.05, 3.63) is 93.4 Å². The number of carboxylic acid groups (broad SMARTS) is 1. The number of nitrogens with zero attached hydrogens (tertiary/aromatic N) is 1. The predicted octanol–water partition coefficient (Wildman–Crippen LogP) is 6.58. The van der Waals surface area contributed by atoms with E-state index in [1.807, 2.05) is 49.7 Å². The Morgan fingerprint density at radius 3 is 2.57 bits per heavy atom. The van der Waals surface area contributed by atoms with Gasteiger partial charge in [-0.05, 0) is 84.5 Å². The fraction of sp³-hybridized carbons (Fsp3) is 0.241. The summed E-state index contributed by atoms with van der Waals surface area (Å²) in [7, 11) is 1.82. The summed E-state index contributed by atoms with van der Waals surface area (Å²) in [6.45, 7) is 3.97. The van der Waals surface area contributed by atoms with Crippen molar-refractivity contribution >= 4 is 34.4 Å². The maximum atomic E-state index is 14.4. The number of ether oxygens (including phenoxy) is 1. The number of aryl methyl sites for hydroxylation is 4. The number of halogens is 2. The van der Waals surface area contributed by atoms with Gasteiger partial charge < -0.3 is 19.7 Å². The molecule has 0 spiro atoms. The molecule has 0 saturated heterocycles. The molecular formula is C29H28ClFN2O4. The van der Waals surface area contributed by atoms with E-state index < -0.39 is 11.8 Å². The van der Waals surface area contributed by atoms with Crippen LogP contribution >= 0.6 is 11.6 Å². The highest BCUT2D eigenvalue weighted by Gasteiger charge is 2.18. The molecule has 8 heteroatoms. The normalized spacial score (nSPS) is 11.1. The number of carbonyl (C=O) groups excluding carboxylic acids is 1. The Kier molecular flexibility index (Phi) is 7.83. The molecule has 0 atom stereocenters. The molecule has 1 aromatic heterocycles. The van der Waals surface area contributed by atoms with Gasteiger partial charge in [0.25, 0.3) is 5.91 Å². The number of carbonyl (C=O) groups is 2. The van der Waals surface area contributed by atoms with Crippen molar-refractivity contribution < 1.29 is 23.8 Å². The van der Waals surface area contributed by atoms with E-state index >= 15 is 0 Å². The summed E-state index contributed by atoms with van der Waals surface area (Å²) in [5, 5.41) is 13.3. The van der Waals surface area contributed by atoms with Crippen LogP contribution < -0.4 is 10.1 Å². The molecule has 0 radical (unpaired) electrons. The topological polar surface area (TPSA) is 80.6 Å². The SMILES string of the molecule is CCc1cc(Oc2cc(F)cc(CNC(=O)c3c(C)c4cc(Cl)ccc4n3C)c2)ccc1CCC(=O)O. The Balaban J connectivity index is 1.49.